The smallest absolute Gasteiger partial charge is 0.408 e. The van der Waals surface area contributed by atoms with Gasteiger partial charge in [0.25, 0.3) is 0 Å². The second kappa shape index (κ2) is 10.8. The molecule has 0 unspecified atom stereocenters. The summed E-state index contributed by atoms with van der Waals surface area (Å²) in [6.45, 7) is 8.07. The number of carbonyl (C=O) groups is 2. The van der Waals surface area contributed by atoms with Crippen LogP contribution in [0, 0.1) is 0 Å². The van der Waals surface area contributed by atoms with E-state index in [4.69, 9.17) is 14.2 Å². The van der Waals surface area contributed by atoms with Crippen molar-refractivity contribution in [1.82, 2.24) is 10.6 Å². The fraction of sp³-hybridized carbons (Fsp3) is 0.579. The first kappa shape index (κ1) is 21.9. The van der Waals surface area contributed by atoms with Crippen molar-refractivity contribution in [2.24, 2.45) is 0 Å². The van der Waals surface area contributed by atoms with Gasteiger partial charge < -0.3 is 24.8 Å². The second-order valence-electron chi connectivity index (χ2n) is 6.91. The molecule has 0 saturated carbocycles. The number of alkyl carbamates (subject to hydrolysis) is 1. The minimum atomic E-state index is -0.884. The third-order valence-corrected chi connectivity index (χ3v) is 3.39. The number of benzene rings is 1. The van der Waals surface area contributed by atoms with E-state index >= 15 is 0 Å². The van der Waals surface area contributed by atoms with Gasteiger partial charge in [-0.25, -0.2) is 4.79 Å². The first-order chi connectivity index (χ1) is 12.2. The highest BCUT2D eigenvalue weighted by atomic mass is 16.6. The van der Waals surface area contributed by atoms with Gasteiger partial charge in [-0.3, -0.25) is 4.79 Å². The van der Waals surface area contributed by atoms with E-state index in [1.807, 2.05) is 30.3 Å². The molecular weight excluding hydrogens is 336 g/mol. The van der Waals surface area contributed by atoms with Crippen molar-refractivity contribution in [3.8, 4) is 0 Å². The lowest BCUT2D eigenvalue weighted by molar-refractivity contribution is -0.127. The summed E-state index contributed by atoms with van der Waals surface area (Å²) in [5.74, 6) is -0.353. The highest BCUT2D eigenvalue weighted by Crippen LogP contribution is 2.10. The average Bonchev–Trinajstić information content (AvgIpc) is 2.57. The van der Waals surface area contributed by atoms with E-state index in [9.17, 15) is 9.59 Å². The van der Waals surface area contributed by atoms with E-state index in [0.29, 0.717) is 19.8 Å². The van der Waals surface area contributed by atoms with Gasteiger partial charge in [0.05, 0.1) is 19.3 Å². The molecule has 0 aromatic heterocycles. The van der Waals surface area contributed by atoms with Crippen LogP contribution in [0.25, 0.3) is 0 Å². The Morgan fingerprint density at radius 1 is 1.15 bits per heavy atom. The molecule has 1 aromatic rings. The fourth-order valence-corrected chi connectivity index (χ4v) is 2.11. The molecule has 0 saturated heterocycles. The Kier molecular flexibility index (Phi) is 9.09. The summed E-state index contributed by atoms with van der Waals surface area (Å²) < 4.78 is 16.0. The van der Waals surface area contributed by atoms with E-state index in [1.54, 1.807) is 34.8 Å². The molecule has 0 radical (unpaired) electrons. The average molecular weight is 366 g/mol. The van der Waals surface area contributed by atoms with Crippen LogP contribution in [0.1, 0.15) is 33.3 Å². The molecule has 1 rings (SSSR count). The first-order valence-electron chi connectivity index (χ1n) is 8.64. The lowest BCUT2D eigenvalue weighted by atomic mass is 10.1. The SMILES string of the molecule is COCCNC(=O)[C@@H](NC(=O)OC(C)(C)C)[C@@H](C)OCc1ccccc1. The summed E-state index contributed by atoms with van der Waals surface area (Å²) in [5, 5.41) is 5.31. The summed E-state index contributed by atoms with van der Waals surface area (Å²) in [7, 11) is 1.55. The Bertz CT molecular complexity index is 557. The molecule has 0 aliphatic carbocycles. The number of carbonyl (C=O) groups excluding carboxylic acids is 2. The number of amides is 2. The predicted octanol–water partition coefficient (Wildman–Crippen LogP) is 2.25. The van der Waals surface area contributed by atoms with Crippen molar-refractivity contribution in [2.75, 3.05) is 20.3 Å². The molecule has 7 nitrogen and oxygen atoms in total. The van der Waals surface area contributed by atoms with Gasteiger partial charge in [-0.2, -0.15) is 0 Å². The van der Waals surface area contributed by atoms with Crippen LogP contribution in [0.5, 0.6) is 0 Å². The van der Waals surface area contributed by atoms with Gasteiger partial charge in [0.1, 0.15) is 11.6 Å². The summed E-state index contributed by atoms with van der Waals surface area (Å²) in [6.07, 6.45) is -1.22. The van der Waals surface area contributed by atoms with E-state index < -0.39 is 23.8 Å². The monoisotopic (exact) mass is 366 g/mol. The third-order valence-electron chi connectivity index (χ3n) is 3.39. The van der Waals surface area contributed by atoms with Crippen LogP contribution in [0.15, 0.2) is 30.3 Å². The van der Waals surface area contributed by atoms with Crippen molar-refractivity contribution in [3.05, 3.63) is 35.9 Å². The van der Waals surface area contributed by atoms with E-state index in [-0.39, 0.29) is 5.91 Å². The number of hydrogen-bond donors (Lipinski definition) is 2. The lowest BCUT2D eigenvalue weighted by Gasteiger charge is -2.27. The van der Waals surface area contributed by atoms with Gasteiger partial charge in [0, 0.05) is 13.7 Å². The van der Waals surface area contributed by atoms with E-state index in [0.717, 1.165) is 5.56 Å². The van der Waals surface area contributed by atoms with E-state index in [2.05, 4.69) is 10.6 Å². The van der Waals surface area contributed by atoms with Crippen LogP contribution in [0.3, 0.4) is 0 Å². The van der Waals surface area contributed by atoms with Crippen molar-refractivity contribution in [1.29, 1.82) is 0 Å². The maximum Gasteiger partial charge on any atom is 0.408 e. The largest absolute Gasteiger partial charge is 0.444 e. The topological polar surface area (TPSA) is 85.9 Å². The number of methoxy groups -OCH3 is 1. The van der Waals surface area contributed by atoms with Gasteiger partial charge >= 0.3 is 6.09 Å². The van der Waals surface area contributed by atoms with Gasteiger partial charge in [-0.15, -0.1) is 0 Å². The van der Waals surface area contributed by atoms with Gasteiger partial charge in [0.15, 0.2) is 0 Å². The Labute approximate surface area is 155 Å². The van der Waals surface area contributed by atoms with Crippen LogP contribution in [-0.4, -0.2) is 50.0 Å². The first-order valence-corrected chi connectivity index (χ1v) is 8.64. The molecule has 0 bridgehead atoms. The van der Waals surface area contributed by atoms with Crippen molar-refractivity contribution < 1.29 is 23.8 Å². The lowest BCUT2D eigenvalue weighted by Crippen LogP contribution is -2.54. The normalized spacial score (nSPS) is 13.6. The second-order valence-corrected chi connectivity index (χ2v) is 6.91. The molecule has 0 aliphatic heterocycles. The number of rotatable bonds is 9. The van der Waals surface area contributed by atoms with Gasteiger partial charge in [-0.1, -0.05) is 30.3 Å². The molecule has 0 heterocycles. The van der Waals surface area contributed by atoms with E-state index in [1.165, 1.54) is 0 Å². The minimum absolute atomic E-state index is 0.333. The standard InChI is InChI=1S/C19H30N2O5/c1-14(25-13-15-9-7-6-8-10-15)16(17(22)20-11-12-24-5)21-18(23)26-19(2,3)4/h6-10,14,16H,11-13H2,1-5H3,(H,20,22)(H,21,23)/t14-,16+/m1/s1. The summed E-state index contributed by atoms with van der Waals surface area (Å²) in [5.41, 5.74) is 0.324. The molecule has 146 valence electrons. The highest BCUT2D eigenvalue weighted by Gasteiger charge is 2.29. The maximum atomic E-state index is 12.5. The highest BCUT2D eigenvalue weighted by molar-refractivity contribution is 5.86. The third kappa shape index (κ3) is 8.82. The molecule has 2 atom stereocenters. The van der Waals surface area contributed by atoms with Crippen LogP contribution < -0.4 is 10.6 Å². The van der Waals surface area contributed by atoms with Gasteiger partial charge in [0.2, 0.25) is 5.91 Å². The molecule has 0 aliphatic rings. The summed E-state index contributed by atoms with van der Waals surface area (Å²) >= 11 is 0. The molecular formula is C19H30N2O5. The molecule has 0 spiro atoms. The van der Waals surface area contributed by atoms with Crippen LogP contribution in [0.4, 0.5) is 4.79 Å². The summed E-state index contributed by atoms with van der Waals surface area (Å²) in [4.78, 5) is 24.5. The van der Waals surface area contributed by atoms with Crippen LogP contribution >= 0.6 is 0 Å². The molecule has 1 aromatic carbocycles. The Morgan fingerprint density at radius 2 is 1.81 bits per heavy atom. The molecule has 0 fully saturated rings. The van der Waals surface area contributed by atoms with Crippen molar-refractivity contribution in [3.63, 3.8) is 0 Å². The zero-order valence-electron chi connectivity index (χ0n) is 16.2. The Hall–Kier alpha value is -2.12. The van der Waals surface area contributed by atoms with Gasteiger partial charge in [-0.05, 0) is 33.3 Å². The zero-order chi connectivity index (χ0) is 19.6. The minimum Gasteiger partial charge on any atom is -0.444 e. The summed E-state index contributed by atoms with van der Waals surface area (Å²) in [6, 6.07) is 8.73. The number of hydrogen-bond acceptors (Lipinski definition) is 5. The molecule has 26 heavy (non-hydrogen) atoms. The molecule has 7 heteroatoms. The molecule has 2 amide bonds. The number of ether oxygens (including phenoxy) is 3. The Balaban J connectivity index is 2.71. The quantitative estimate of drug-likeness (QED) is 0.655. The predicted molar refractivity (Wildman–Crippen MR) is 98.7 cm³/mol. The number of nitrogens with one attached hydrogen (secondary N) is 2. The van der Waals surface area contributed by atoms with Crippen LogP contribution in [0.2, 0.25) is 0 Å². The van der Waals surface area contributed by atoms with Crippen molar-refractivity contribution >= 4 is 12.0 Å². The zero-order valence-corrected chi connectivity index (χ0v) is 16.2. The fourth-order valence-electron chi connectivity index (χ4n) is 2.11. The Morgan fingerprint density at radius 3 is 2.38 bits per heavy atom. The maximum absolute atomic E-state index is 12.5. The van der Waals surface area contributed by atoms with Crippen LogP contribution in [-0.2, 0) is 25.6 Å². The molecule has 2 N–H and O–H groups in total. The van der Waals surface area contributed by atoms with Crippen molar-refractivity contribution in [2.45, 2.75) is 52.0 Å².